The van der Waals surface area contributed by atoms with E-state index in [2.05, 4.69) is 10.2 Å². The van der Waals surface area contributed by atoms with Gasteiger partial charge >= 0.3 is 0 Å². The first-order valence-corrected chi connectivity index (χ1v) is 8.07. The van der Waals surface area contributed by atoms with E-state index in [1.165, 1.54) is 0 Å². The molecule has 0 unspecified atom stereocenters. The highest BCUT2D eigenvalue weighted by Crippen LogP contribution is 2.33. The second-order valence-electron chi connectivity index (χ2n) is 5.39. The summed E-state index contributed by atoms with van der Waals surface area (Å²) < 4.78 is 0. The number of nitrogens with two attached hydrogens (primary N) is 1. The van der Waals surface area contributed by atoms with E-state index in [1.54, 1.807) is 6.21 Å². The molecule has 24 heavy (non-hydrogen) atoms. The number of rotatable bonds is 2. The molecule has 0 bridgehead atoms. The lowest BCUT2D eigenvalue weighted by Crippen LogP contribution is -2.49. The van der Waals surface area contributed by atoms with E-state index in [9.17, 15) is 0 Å². The monoisotopic (exact) mass is 357 g/mol. The van der Waals surface area contributed by atoms with Crippen LogP contribution < -0.4 is 15.5 Å². The Balaban J connectivity index is 1.82. The van der Waals surface area contributed by atoms with Gasteiger partial charge in [0.15, 0.2) is 5.84 Å². The Morgan fingerprint density at radius 2 is 1.71 bits per heavy atom. The van der Waals surface area contributed by atoms with E-state index < -0.39 is 0 Å². The first-order chi connectivity index (χ1) is 11.6. The van der Waals surface area contributed by atoms with E-state index >= 15 is 0 Å². The number of halogens is 2. The quantitative estimate of drug-likeness (QED) is 0.887. The minimum atomic E-state index is 0.475. The summed E-state index contributed by atoms with van der Waals surface area (Å²) in [6.45, 7) is 0.475. The summed E-state index contributed by atoms with van der Waals surface area (Å²) in [5.41, 5.74) is 8.91. The van der Waals surface area contributed by atoms with Crippen LogP contribution in [0.4, 0.5) is 11.4 Å². The summed E-state index contributed by atoms with van der Waals surface area (Å²) in [4.78, 5) is 3.97. The normalized spacial score (nSPS) is 16.5. The highest BCUT2D eigenvalue weighted by Gasteiger charge is 2.32. The summed E-state index contributed by atoms with van der Waals surface area (Å²) in [6.07, 6.45) is 1.66. The van der Waals surface area contributed by atoms with Crippen molar-refractivity contribution in [2.75, 3.05) is 16.5 Å². The van der Waals surface area contributed by atoms with E-state index in [1.807, 2.05) is 58.3 Å². The summed E-state index contributed by atoms with van der Waals surface area (Å²) in [5, 5.41) is 9.55. The number of anilines is 2. The van der Waals surface area contributed by atoms with Crippen molar-refractivity contribution in [1.82, 2.24) is 0 Å². The molecule has 0 saturated heterocycles. The van der Waals surface area contributed by atoms with Crippen molar-refractivity contribution in [3.05, 3.63) is 70.0 Å². The molecular weight excluding hydrogens is 345 g/mol. The number of para-hydroxylation sites is 1. The number of fused-ring (bicyclic) bond motifs is 1. The number of hydrogen-bond donors (Lipinski definition) is 1. The number of amidine groups is 1. The van der Waals surface area contributed by atoms with Crippen molar-refractivity contribution in [1.29, 1.82) is 0 Å². The molecule has 5 nitrogen and oxygen atoms in total. The third-order valence-electron chi connectivity index (χ3n) is 3.97. The molecule has 2 aliphatic rings. The van der Waals surface area contributed by atoms with Crippen LogP contribution in [0.15, 0.2) is 70.1 Å². The van der Waals surface area contributed by atoms with Crippen LogP contribution in [0.2, 0.25) is 10.0 Å². The van der Waals surface area contributed by atoms with Gasteiger partial charge in [0.25, 0.3) is 0 Å². The molecule has 120 valence electrons. The van der Waals surface area contributed by atoms with Gasteiger partial charge in [0, 0.05) is 10.7 Å². The number of nitrogens with zero attached hydrogens (tertiary/aromatic N) is 4. The Morgan fingerprint density at radius 1 is 0.958 bits per heavy atom. The smallest absolute Gasteiger partial charge is 0.169 e. The molecule has 2 heterocycles. The zero-order valence-electron chi connectivity index (χ0n) is 12.5. The third kappa shape index (κ3) is 2.42. The van der Waals surface area contributed by atoms with Gasteiger partial charge in [-0.15, -0.1) is 5.10 Å². The first kappa shape index (κ1) is 15.1. The van der Waals surface area contributed by atoms with Gasteiger partial charge in [-0.1, -0.05) is 35.3 Å². The first-order valence-electron chi connectivity index (χ1n) is 7.31. The molecule has 2 aliphatic heterocycles. The molecule has 4 rings (SSSR count). The van der Waals surface area contributed by atoms with Crippen LogP contribution in [0.25, 0.3) is 0 Å². The molecule has 0 aliphatic carbocycles. The fraction of sp³-hybridized carbons (Fsp3) is 0.0588. The Kier molecular flexibility index (Phi) is 3.67. The predicted molar refractivity (Wildman–Crippen MR) is 99.9 cm³/mol. The van der Waals surface area contributed by atoms with Crippen molar-refractivity contribution in [2.24, 2.45) is 15.9 Å². The molecule has 2 aromatic carbocycles. The molecule has 7 heteroatoms. The van der Waals surface area contributed by atoms with E-state index in [0.29, 0.717) is 28.4 Å². The molecular formula is C17H13Cl2N5. The van der Waals surface area contributed by atoms with Crippen LogP contribution in [-0.2, 0) is 0 Å². The molecule has 0 saturated carbocycles. The van der Waals surface area contributed by atoms with E-state index in [-0.39, 0.29) is 0 Å². The lowest BCUT2D eigenvalue weighted by atomic mass is 10.1. The van der Waals surface area contributed by atoms with Crippen LogP contribution in [-0.4, -0.2) is 18.7 Å². The molecule has 2 N–H and O–H groups in total. The topological polar surface area (TPSA) is 57.2 Å². The summed E-state index contributed by atoms with van der Waals surface area (Å²) in [7, 11) is 0. The number of hydrogen-bond acceptors (Lipinski definition) is 5. The van der Waals surface area contributed by atoms with E-state index in [4.69, 9.17) is 28.9 Å². The van der Waals surface area contributed by atoms with Crippen LogP contribution in [0, 0.1) is 0 Å². The summed E-state index contributed by atoms with van der Waals surface area (Å²) in [6, 6.07) is 15.1. The maximum absolute atomic E-state index is 6.38. The van der Waals surface area contributed by atoms with Gasteiger partial charge in [-0.25, -0.2) is 0 Å². The highest BCUT2D eigenvalue weighted by molar-refractivity contribution is 6.35. The number of benzene rings is 2. The summed E-state index contributed by atoms with van der Waals surface area (Å²) >= 11 is 12.4. The minimum Gasteiger partial charge on any atom is -0.384 e. The van der Waals surface area contributed by atoms with Crippen molar-refractivity contribution in [2.45, 2.75) is 0 Å². The van der Waals surface area contributed by atoms with Crippen LogP contribution in [0.1, 0.15) is 0 Å². The molecule has 2 aromatic rings. The summed E-state index contributed by atoms with van der Waals surface area (Å²) in [5.74, 6) is 1.30. The van der Waals surface area contributed by atoms with Crippen molar-refractivity contribution in [3.8, 4) is 0 Å². The Labute approximate surface area is 149 Å². The van der Waals surface area contributed by atoms with Crippen molar-refractivity contribution in [3.63, 3.8) is 0 Å². The molecule has 0 radical (unpaired) electrons. The van der Waals surface area contributed by atoms with Gasteiger partial charge < -0.3 is 15.5 Å². The average Bonchev–Trinajstić information content (AvgIpc) is 3.08. The lowest BCUT2D eigenvalue weighted by molar-refractivity contribution is 0.862. The second-order valence-corrected chi connectivity index (χ2v) is 6.24. The molecule has 0 fully saturated rings. The van der Waals surface area contributed by atoms with Gasteiger partial charge in [-0.2, -0.15) is 5.10 Å². The van der Waals surface area contributed by atoms with Gasteiger partial charge in [0.05, 0.1) is 22.5 Å². The highest BCUT2D eigenvalue weighted by atomic mass is 35.5. The van der Waals surface area contributed by atoms with Crippen LogP contribution >= 0.6 is 23.2 Å². The van der Waals surface area contributed by atoms with Crippen LogP contribution in [0.3, 0.4) is 0 Å². The van der Waals surface area contributed by atoms with Crippen molar-refractivity contribution >= 4 is 46.6 Å². The molecule has 0 aromatic heterocycles. The van der Waals surface area contributed by atoms with Gasteiger partial charge in [-0.3, -0.25) is 0 Å². The lowest BCUT2D eigenvalue weighted by Gasteiger charge is -2.38. The Morgan fingerprint density at radius 3 is 2.46 bits per heavy atom. The van der Waals surface area contributed by atoms with Gasteiger partial charge in [0.2, 0.25) is 0 Å². The van der Waals surface area contributed by atoms with Crippen LogP contribution in [0.5, 0.6) is 0 Å². The fourth-order valence-corrected chi connectivity index (χ4v) is 3.13. The zero-order chi connectivity index (χ0) is 16.7. The largest absolute Gasteiger partial charge is 0.384 e. The molecule has 0 atom stereocenters. The zero-order valence-corrected chi connectivity index (χ0v) is 14.0. The van der Waals surface area contributed by atoms with Gasteiger partial charge in [0.1, 0.15) is 12.5 Å². The van der Waals surface area contributed by atoms with E-state index in [0.717, 1.165) is 16.9 Å². The average molecular weight is 358 g/mol. The van der Waals surface area contributed by atoms with Gasteiger partial charge in [-0.05, 0) is 36.4 Å². The fourth-order valence-electron chi connectivity index (χ4n) is 2.77. The standard InChI is InChI=1S/C17H13Cl2N5/c18-11-5-7-12(8-6-11)23-10-24(15-4-2-1-3-14(15)19)17-13(16(23)20)9-21-22-17/h1-9H,10,20H2. The molecule has 0 amide bonds. The SMILES string of the molecule is NC1=C2C=NN=C2N(c2ccccc2Cl)CN1c1ccc(Cl)cc1. The predicted octanol–water partition coefficient (Wildman–Crippen LogP) is 3.85. The van der Waals surface area contributed by atoms with Crippen molar-refractivity contribution < 1.29 is 0 Å². The Hall–Kier alpha value is -2.50. The maximum atomic E-state index is 6.38. The maximum Gasteiger partial charge on any atom is 0.169 e. The third-order valence-corrected chi connectivity index (χ3v) is 4.54. The second kappa shape index (κ2) is 5.85. The minimum absolute atomic E-state index is 0.475. The molecule has 0 spiro atoms. The Bertz CT molecular complexity index is 886.